The number of hydrogen-bond acceptors (Lipinski definition) is 2. The summed E-state index contributed by atoms with van der Waals surface area (Å²) >= 11 is 0. The van der Waals surface area contributed by atoms with Crippen molar-refractivity contribution >= 4 is 5.69 Å². The lowest BCUT2D eigenvalue weighted by atomic mass is 10.0. The first-order valence-corrected chi connectivity index (χ1v) is 6.95. The van der Waals surface area contributed by atoms with E-state index in [9.17, 15) is 0 Å². The summed E-state index contributed by atoms with van der Waals surface area (Å²) in [6, 6.07) is 27.9. The molecule has 3 rings (SSSR count). The quantitative estimate of drug-likeness (QED) is 0.714. The third-order valence-corrected chi connectivity index (χ3v) is 3.34. The molecular weight excluding hydrogens is 258 g/mol. The largest absolute Gasteiger partial charge is 0.481 e. The molecule has 0 radical (unpaired) electrons. The minimum Gasteiger partial charge on any atom is -0.481 e. The van der Waals surface area contributed by atoms with Crippen LogP contribution in [0.4, 0.5) is 5.69 Å². The van der Waals surface area contributed by atoms with Gasteiger partial charge >= 0.3 is 0 Å². The smallest absolute Gasteiger partial charge is 0.149 e. The molecule has 0 heterocycles. The fourth-order valence-corrected chi connectivity index (χ4v) is 2.27. The highest BCUT2D eigenvalue weighted by molar-refractivity contribution is 5.42. The van der Waals surface area contributed by atoms with Crippen LogP contribution in [0.3, 0.4) is 0 Å². The molecule has 0 spiro atoms. The van der Waals surface area contributed by atoms with E-state index in [2.05, 4.69) is 24.3 Å². The fraction of sp³-hybridized carbons (Fsp3) is 0.0526. The number of nitrogens with two attached hydrogens (primary N) is 1. The Labute approximate surface area is 124 Å². The van der Waals surface area contributed by atoms with E-state index in [4.69, 9.17) is 10.5 Å². The van der Waals surface area contributed by atoms with Crippen LogP contribution in [0.5, 0.6) is 5.75 Å². The van der Waals surface area contributed by atoms with Crippen molar-refractivity contribution in [1.82, 2.24) is 0 Å². The molecule has 3 aromatic rings. The van der Waals surface area contributed by atoms with Crippen molar-refractivity contribution in [2.75, 3.05) is 5.73 Å². The van der Waals surface area contributed by atoms with Gasteiger partial charge in [0.2, 0.25) is 0 Å². The molecule has 2 heteroatoms. The zero-order chi connectivity index (χ0) is 14.5. The van der Waals surface area contributed by atoms with Crippen LogP contribution in [0.25, 0.3) is 0 Å². The summed E-state index contributed by atoms with van der Waals surface area (Å²) in [4.78, 5) is 0. The van der Waals surface area contributed by atoms with Gasteiger partial charge in [-0.3, -0.25) is 0 Å². The average molecular weight is 275 g/mol. The Kier molecular flexibility index (Phi) is 3.88. The maximum Gasteiger partial charge on any atom is 0.149 e. The lowest BCUT2D eigenvalue weighted by molar-refractivity contribution is 0.247. The van der Waals surface area contributed by atoms with E-state index in [-0.39, 0.29) is 6.10 Å². The normalized spacial score (nSPS) is 10.5. The van der Waals surface area contributed by atoms with E-state index < -0.39 is 0 Å². The number of nitrogen functional groups attached to an aromatic ring is 1. The van der Waals surface area contributed by atoms with Crippen LogP contribution in [0.2, 0.25) is 0 Å². The van der Waals surface area contributed by atoms with E-state index in [1.807, 2.05) is 60.7 Å². The van der Waals surface area contributed by atoms with Crippen molar-refractivity contribution in [1.29, 1.82) is 0 Å². The van der Waals surface area contributed by atoms with Crippen LogP contribution in [0.15, 0.2) is 84.9 Å². The van der Waals surface area contributed by atoms with Crippen molar-refractivity contribution in [3.8, 4) is 5.75 Å². The average Bonchev–Trinajstić information content (AvgIpc) is 2.56. The first kappa shape index (κ1) is 13.3. The summed E-state index contributed by atoms with van der Waals surface area (Å²) in [7, 11) is 0. The predicted octanol–water partition coefficient (Wildman–Crippen LogP) is 4.44. The molecule has 0 unspecified atom stereocenters. The minimum absolute atomic E-state index is 0.129. The second kappa shape index (κ2) is 6.14. The highest BCUT2D eigenvalue weighted by atomic mass is 16.5. The Hall–Kier alpha value is -2.74. The molecule has 3 aromatic carbocycles. The van der Waals surface area contributed by atoms with Gasteiger partial charge < -0.3 is 10.5 Å². The standard InChI is InChI=1S/C19H17NO/c20-17-11-13-18(14-12-17)21-19(15-7-3-1-4-8-15)16-9-5-2-6-10-16/h1-14,19H,20H2. The molecule has 0 atom stereocenters. The molecule has 21 heavy (non-hydrogen) atoms. The molecule has 0 bridgehead atoms. The molecule has 0 saturated carbocycles. The van der Waals surface area contributed by atoms with Crippen molar-refractivity contribution in [3.63, 3.8) is 0 Å². The van der Waals surface area contributed by atoms with E-state index in [1.165, 1.54) is 0 Å². The van der Waals surface area contributed by atoms with Gasteiger partial charge in [0.15, 0.2) is 0 Å². The number of anilines is 1. The SMILES string of the molecule is Nc1ccc(OC(c2ccccc2)c2ccccc2)cc1. The van der Waals surface area contributed by atoms with Crippen molar-refractivity contribution < 1.29 is 4.74 Å². The molecule has 0 saturated heterocycles. The summed E-state index contributed by atoms with van der Waals surface area (Å²) in [5.74, 6) is 0.807. The second-order valence-electron chi connectivity index (χ2n) is 4.89. The molecule has 0 aromatic heterocycles. The maximum atomic E-state index is 6.19. The molecule has 0 aliphatic rings. The van der Waals surface area contributed by atoms with E-state index in [0.717, 1.165) is 22.6 Å². The zero-order valence-electron chi connectivity index (χ0n) is 11.6. The third-order valence-electron chi connectivity index (χ3n) is 3.34. The van der Waals surface area contributed by atoms with Crippen LogP contribution in [0, 0.1) is 0 Å². The molecule has 2 nitrogen and oxygen atoms in total. The van der Waals surface area contributed by atoms with Crippen LogP contribution >= 0.6 is 0 Å². The molecule has 104 valence electrons. The molecular formula is C19H17NO. The minimum atomic E-state index is -0.129. The van der Waals surface area contributed by atoms with E-state index in [0.29, 0.717) is 0 Å². The van der Waals surface area contributed by atoms with E-state index >= 15 is 0 Å². The summed E-state index contributed by atoms with van der Waals surface area (Å²) < 4.78 is 6.19. The number of hydrogen-bond donors (Lipinski definition) is 1. The van der Waals surface area contributed by atoms with Crippen LogP contribution < -0.4 is 10.5 Å². The van der Waals surface area contributed by atoms with Crippen molar-refractivity contribution in [2.24, 2.45) is 0 Å². The highest BCUT2D eigenvalue weighted by Crippen LogP contribution is 2.28. The molecule has 0 fully saturated rings. The Morgan fingerprint density at radius 3 is 1.57 bits per heavy atom. The van der Waals surface area contributed by atoms with Gasteiger partial charge in [0, 0.05) is 5.69 Å². The predicted molar refractivity (Wildman–Crippen MR) is 86.2 cm³/mol. The van der Waals surface area contributed by atoms with Gasteiger partial charge in [0.1, 0.15) is 11.9 Å². The van der Waals surface area contributed by atoms with Crippen molar-refractivity contribution in [2.45, 2.75) is 6.10 Å². The topological polar surface area (TPSA) is 35.2 Å². The van der Waals surface area contributed by atoms with Gasteiger partial charge in [-0.15, -0.1) is 0 Å². The third kappa shape index (κ3) is 3.23. The second-order valence-corrected chi connectivity index (χ2v) is 4.89. The molecule has 0 aliphatic carbocycles. The lowest BCUT2D eigenvalue weighted by Crippen LogP contribution is -2.09. The first-order chi connectivity index (χ1) is 10.3. The zero-order valence-corrected chi connectivity index (χ0v) is 11.6. The Balaban J connectivity index is 1.95. The van der Waals surface area contributed by atoms with Crippen LogP contribution in [0.1, 0.15) is 17.2 Å². The highest BCUT2D eigenvalue weighted by Gasteiger charge is 2.15. The van der Waals surface area contributed by atoms with Crippen molar-refractivity contribution in [3.05, 3.63) is 96.1 Å². The van der Waals surface area contributed by atoms with Gasteiger partial charge in [0.05, 0.1) is 0 Å². The summed E-state index contributed by atoms with van der Waals surface area (Å²) in [5, 5.41) is 0. The van der Waals surface area contributed by atoms with Gasteiger partial charge in [-0.2, -0.15) is 0 Å². The first-order valence-electron chi connectivity index (χ1n) is 6.95. The fourth-order valence-electron chi connectivity index (χ4n) is 2.27. The Morgan fingerprint density at radius 1 is 0.619 bits per heavy atom. The monoisotopic (exact) mass is 275 g/mol. The Morgan fingerprint density at radius 2 is 1.10 bits per heavy atom. The van der Waals surface area contributed by atoms with E-state index in [1.54, 1.807) is 0 Å². The summed E-state index contributed by atoms with van der Waals surface area (Å²) in [6.45, 7) is 0. The number of benzene rings is 3. The van der Waals surface area contributed by atoms with Crippen LogP contribution in [-0.4, -0.2) is 0 Å². The molecule has 0 aliphatic heterocycles. The summed E-state index contributed by atoms with van der Waals surface area (Å²) in [5.41, 5.74) is 8.71. The lowest BCUT2D eigenvalue weighted by Gasteiger charge is -2.20. The summed E-state index contributed by atoms with van der Waals surface area (Å²) in [6.07, 6.45) is -0.129. The Bertz CT molecular complexity index is 638. The van der Waals surface area contributed by atoms with Gasteiger partial charge in [-0.25, -0.2) is 0 Å². The molecule has 2 N–H and O–H groups in total. The van der Waals surface area contributed by atoms with Crippen LogP contribution in [-0.2, 0) is 0 Å². The van der Waals surface area contributed by atoms with Gasteiger partial charge in [-0.1, -0.05) is 60.7 Å². The number of rotatable bonds is 4. The number of ether oxygens (including phenoxy) is 1. The molecule has 0 amide bonds. The maximum absolute atomic E-state index is 6.19. The van der Waals surface area contributed by atoms with Gasteiger partial charge in [-0.05, 0) is 35.4 Å². The van der Waals surface area contributed by atoms with Gasteiger partial charge in [0.25, 0.3) is 0 Å².